The number of fused-ring (bicyclic) bond motifs is 3. The molecule has 2 heterocycles. The first-order valence-electron chi connectivity index (χ1n) is 10.1. The van der Waals surface area contributed by atoms with E-state index in [1.54, 1.807) is 31.2 Å². The van der Waals surface area contributed by atoms with Gasteiger partial charge >= 0.3 is 5.97 Å². The third-order valence-corrected chi connectivity index (χ3v) is 5.93. The first kappa shape index (κ1) is 20.7. The maximum absolute atomic E-state index is 14.0. The van der Waals surface area contributed by atoms with Crippen molar-refractivity contribution in [2.45, 2.75) is 39.0 Å². The number of carbonyl (C=O) groups excluding carboxylic acids is 3. The second-order valence-corrected chi connectivity index (χ2v) is 8.66. The Bertz CT molecular complexity index is 1120. The number of amides is 1. The summed E-state index contributed by atoms with van der Waals surface area (Å²) < 4.78 is 10.8. The van der Waals surface area contributed by atoms with Crippen molar-refractivity contribution < 1.29 is 23.9 Å². The van der Waals surface area contributed by atoms with E-state index in [1.807, 2.05) is 19.9 Å². The van der Waals surface area contributed by atoms with Gasteiger partial charge in [0.15, 0.2) is 5.78 Å². The molecule has 2 aliphatic heterocycles. The van der Waals surface area contributed by atoms with Crippen LogP contribution in [0.4, 0.5) is 5.69 Å². The predicted octanol–water partition coefficient (Wildman–Crippen LogP) is 2.20. The highest BCUT2D eigenvalue weighted by Crippen LogP contribution is 2.57. The normalized spacial score (nSPS) is 24.0. The standard InChI is InChI=1S/C23H23N3O5/c1-4-30-18(28)12-26-15-8-6-5-7-13(15)23(21(26)29)14(11-24)20(25)31-17-10-22(2,3)9-16(27)19(17)23/h5-8H,4,9-10,12,25H2,1-3H3/t23-/m0/s1. The Kier molecular flexibility index (Phi) is 4.65. The van der Waals surface area contributed by atoms with Crippen LogP contribution in [-0.2, 0) is 29.3 Å². The molecule has 0 fully saturated rings. The zero-order valence-corrected chi connectivity index (χ0v) is 17.7. The molecule has 0 unspecified atom stereocenters. The molecular weight excluding hydrogens is 398 g/mol. The zero-order chi connectivity index (χ0) is 22.6. The quantitative estimate of drug-likeness (QED) is 0.742. The van der Waals surface area contributed by atoms with Crippen LogP contribution in [0.3, 0.4) is 0 Å². The summed E-state index contributed by atoms with van der Waals surface area (Å²) in [6, 6.07) is 8.82. The Morgan fingerprint density at radius 1 is 1.29 bits per heavy atom. The fourth-order valence-corrected chi connectivity index (χ4v) is 4.83. The van der Waals surface area contributed by atoms with Gasteiger partial charge in [-0.3, -0.25) is 19.3 Å². The smallest absolute Gasteiger partial charge is 0.326 e. The highest BCUT2D eigenvalue weighted by molar-refractivity contribution is 6.21. The number of hydrogen-bond donors (Lipinski definition) is 1. The number of esters is 1. The molecule has 8 heteroatoms. The van der Waals surface area contributed by atoms with Crippen molar-refractivity contribution >= 4 is 23.3 Å². The predicted molar refractivity (Wildman–Crippen MR) is 110 cm³/mol. The van der Waals surface area contributed by atoms with Crippen molar-refractivity contribution in [1.29, 1.82) is 5.26 Å². The number of nitrogens with zero attached hydrogens (tertiary/aromatic N) is 2. The lowest BCUT2D eigenvalue weighted by Crippen LogP contribution is -2.51. The zero-order valence-electron chi connectivity index (χ0n) is 17.7. The van der Waals surface area contributed by atoms with Crippen LogP contribution in [0.1, 0.15) is 39.2 Å². The van der Waals surface area contributed by atoms with Crippen molar-refractivity contribution in [2.24, 2.45) is 11.1 Å². The molecule has 3 aliphatic rings. The van der Waals surface area contributed by atoms with Gasteiger partial charge in [0, 0.05) is 24.1 Å². The third-order valence-electron chi connectivity index (χ3n) is 5.93. The summed E-state index contributed by atoms with van der Waals surface area (Å²) in [6.07, 6.45) is 0.589. The van der Waals surface area contributed by atoms with Gasteiger partial charge in [-0.05, 0) is 18.4 Å². The van der Waals surface area contributed by atoms with Gasteiger partial charge in [-0.15, -0.1) is 0 Å². The van der Waals surface area contributed by atoms with Gasteiger partial charge in [0.25, 0.3) is 0 Å². The van der Waals surface area contributed by atoms with E-state index in [0.717, 1.165) is 0 Å². The second-order valence-electron chi connectivity index (χ2n) is 8.66. The van der Waals surface area contributed by atoms with Crippen LogP contribution in [0.15, 0.2) is 47.1 Å². The fraction of sp³-hybridized carbons (Fsp3) is 0.391. The molecule has 31 heavy (non-hydrogen) atoms. The number of para-hydroxylation sites is 1. The monoisotopic (exact) mass is 421 g/mol. The lowest BCUT2D eigenvalue weighted by molar-refractivity contribution is -0.142. The second kappa shape index (κ2) is 6.98. The Labute approximate surface area is 179 Å². The Balaban J connectivity index is 2.00. The Morgan fingerprint density at radius 2 is 2.00 bits per heavy atom. The molecule has 1 aromatic rings. The Hall–Kier alpha value is -3.60. The molecule has 1 aromatic carbocycles. The molecule has 1 amide bonds. The number of anilines is 1. The van der Waals surface area contributed by atoms with Crippen LogP contribution >= 0.6 is 0 Å². The number of rotatable bonds is 3. The van der Waals surface area contributed by atoms with Crippen molar-refractivity contribution in [3.8, 4) is 6.07 Å². The fourth-order valence-electron chi connectivity index (χ4n) is 4.83. The number of nitriles is 1. The average Bonchev–Trinajstić information content (AvgIpc) is 2.91. The van der Waals surface area contributed by atoms with E-state index in [4.69, 9.17) is 15.2 Å². The molecule has 1 atom stereocenters. The summed E-state index contributed by atoms with van der Waals surface area (Å²) in [5.74, 6) is -1.33. The van der Waals surface area contributed by atoms with E-state index >= 15 is 0 Å². The number of ether oxygens (including phenoxy) is 2. The minimum absolute atomic E-state index is 0.136. The molecule has 2 N–H and O–H groups in total. The molecular formula is C23H23N3O5. The summed E-state index contributed by atoms with van der Waals surface area (Å²) in [5, 5.41) is 10.00. The molecule has 8 nitrogen and oxygen atoms in total. The minimum Gasteiger partial charge on any atom is -0.465 e. The molecule has 0 saturated carbocycles. The van der Waals surface area contributed by atoms with Gasteiger partial charge in [-0.2, -0.15) is 5.26 Å². The largest absolute Gasteiger partial charge is 0.465 e. The van der Waals surface area contributed by atoms with Crippen LogP contribution in [0, 0.1) is 16.7 Å². The maximum atomic E-state index is 14.0. The van der Waals surface area contributed by atoms with E-state index in [0.29, 0.717) is 23.4 Å². The number of allylic oxidation sites excluding steroid dienone is 1. The maximum Gasteiger partial charge on any atom is 0.326 e. The number of Topliss-reactive ketones (excluding diaryl/α,β-unsaturated/α-hetero) is 1. The molecule has 0 bridgehead atoms. The minimum atomic E-state index is -1.73. The van der Waals surface area contributed by atoms with Crippen LogP contribution < -0.4 is 10.6 Å². The van der Waals surface area contributed by atoms with Crippen LogP contribution in [0.25, 0.3) is 0 Å². The first-order valence-corrected chi connectivity index (χ1v) is 10.1. The number of ketones is 1. The van der Waals surface area contributed by atoms with Gasteiger partial charge in [0.2, 0.25) is 11.8 Å². The molecule has 0 saturated heterocycles. The summed E-state index contributed by atoms with van der Waals surface area (Å²) in [4.78, 5) is 40.9. The van der Waals surface area contributed by atoms with E-state index < -0.39 is 17.3 Å². The van der Waals surface area contributed by atoms with Crippen molar-refractivity contribution in [1.82, 2.24) is 0 Å². The molecule has 1 spiro atoms. The number of nitrogens with two attached hydrogens (primary N) is 1. The number of carbonyl (C=O) groups is 3. The van der Waals surface area contributed by atoms with E-state index in [2.05, 4.69) is 0 Å². The molecule has 160 valence electrons. The van der Waals surface area contributed by atoms with Gasteiger partial charge in [-0.25, -0.2) is 0 Å². The summed E-state index contributed by atoms with van der Waals surface area (Å²) in [5.41, 5.74) is 4.89. The number of hydrogen-bond acceptors (Lipinski definition) is 7. The topological polar surface area (TPSA) is 123 Å². The molecule has 4 rings (SSSR count). The lowest BCUT2D eigenvalue weighted by atomic mass is 9.62. The van der Waals surface area contributed by atoms with Crippen LogP contribution in [-0.4, -0.2) is 30.8 Å². The van der Waals surface area contributed by atoms with Gasteiger partial charge < -0.3 is 15.2 Å². The molecule has 0 aromatic heterocycles. The van der Waals surface area contributed by atoms with E-state index in [-0.39, 0.29) is 47.8 Å². The van der Waals surface area contributed by atoms with Crippen LogP contribution in [0.2, 0.25) is 0 Å². The summed E-state index contributed by atoms with van der Waals surface area (Å²) in [6.45, 7) is 5.37. The Morgan fingerprint density at radius 3 is 2.68 bits per heavy atom. The van der Waals surface area contributed by atoms with Gasteiger partial charge in [-0.1, -0.05) is 32.0 Å². The first-order chi connectivity index (χ1) is 14.7. The summed E-state index contributed by atoms with van der Waals surface area (Å²) in [7, 11) is 0. The number of benzene rings is 1. The van der Waals surface area contributed by atoms with Crippen molar-refractivity contribution in [3.05, 3.63) is 52.6 Å². The van der Waals surface area contributed by atoms with Crippen LogP contribution in [0.5, 0.6) is 0 Å². The van der Waals surface area contributed by atoms with Gasteiger partial charge in [0.05, 0.1) is 12.2 Å². The molecule has 1 aliphatic carbocycles. The lowest BCUT2D eigenvalue weighted by Gasteiger charge is -2.41. The van der Waals surface area contributed by atoms with Gasteiger partial charge in [0.1, 0.15) is 29.4 Å². The highest BCUT2D eigenvalue weighted by atomic mass is 16.5. The summed E-state index contributed by atoms with van der Waals surface area (Å²) >= 11 is 0. The highest BCUT2D eigenvalue weighted by Gasteiger charge is 2.63. The van der Waals surface area contributed by atoms with E-state index in [1.165, 1.54) is 4.90 Å². The molecule has 0 radical (unpaired) electrons. The SMILES string of the molecule is CCOC(=O)CN1C(=O)[C@]2(C(C#N)=C(N)OC3=C2C(=O)CC(C)(C)C3)c2ccccc21. The van der Waals surface area contributed by atoms with Crippen molar-refractivity contribution in [3.63, 3.8) is 0 Å². The average molecular weight is 421 g/mol. The van der Waals surface area contributed by atoms with E-state index in [9.17, 15) is 19.6 Å². The van der Waals surface area contributed by atoms with Crippen molar-refractivity contribution in [2.75, 3.05) is 18.1 Å². The third kappa shape index (κ3) is 2.84.